The van der Waals surface area contributed by atoms with Gasteiger partial charge in [0.25, 0.3) is 0 Å². The lowest BCUT2D eigenvalue weighted by Crippen LogP contribution is -2.53. The van der Waals surface area contributed by atoms with Gasteiger partial charge in [-0.1, -0.05) is 0 Å². The number of aliphatic hydroxyl groups excluding tert-OH is 2. The number of carbonyl (C=O) groups excluding carboxylic acids is 1. The van der Waals surface area contributed by atoms with Crippen molar-refractivity contribution in [3.8, 4) is 0 Å². The predicted octanol–water partition coefficient (Wildman–Crippen LogP) is -0.729. The Bertz CT molecular complexity index is 180. The molecule has 5 nitrogen and oxygen atoms in total. The molecule has 0 bridgehead atoms. The summed E-state index contributed by atoms with van der Waals surface area (Å²) < 4.78 is 4.50. The lowest BCUT2D eigenvalue weighted by atomic mass is 10.0. The molecule has 84 valence electrons. The third-order valence-corrected chi connectivity index (χ3v) is 1.99. The molecule has 5 heteroatoms. The van der Waals surface area contributed by atoms with Gasteiger partial charge in [-0.3, -0.25) is 4.79 Å². The van der Waals surface area contributed by atoms with Crippen LogP contribution in [0.2, 0.25) is 0 Å². The summed E-state index contributed by atoms with van der Waals surface area (Å²) in [5.74, 6) is -0.316. The van der Waals surface area contributed by atoms with Crippen LogP contribution >= 0.6 is 0 Å². The number of carbonyl (C=O) groups is 1. The highest BCUT2D eigenvalue weighted by Gasteiger charge is 2.24. The minimum Gasteiger partial charge on any atom is -0.469 e. The second-order valence-electron chi connectivity index (χ2n) is 3.70. The molecule has 0 aliphatic carbocycles. The van der Waals surface area contributed by atoms with E-state index in [4.69, 9.17) is 10.2 Å². The van der Waals surface area contributed by atoms with Gasteiger partial charge < -0.3 is 20.3 Å². The Morgan fingerprint density at radius 3 is 2.36 bits per heavy atom. The molecule has 3 N–H and O–H groups in total. The van der Waals surface area contributed by atoms with E-state index in [2.05, 4.69) is 10.1 Å². The van der Waals surface area contributed by atoms with Gasteiger partial charge in [0.05, 0.1) is 32.3 Å². The van der Waals surface area contributed by atoms with Gasteiger partial charge in [0.15, 0.2) is 0 Å². The van der Waals surface area contributed by atoms with Crippen molar-refractivity contribution in [3.63, 3.8) is 0 Å². The fraction of sp³-hybridized carbons (Fsp3) is 0.889. The van der Waals surface area contributed by atoms with E-state index in [1.165, 1.54) is 7.11 Å². The van der Waals surface area contributed by atoms with Crippen LogP contribution in [0.15, 0.2) is 0 Å². The van der Waals surface area contributed by atoms with Gasteiger partial charge in [-0.05, 0) is 13.8 Å². The zero-order valence-electron chi connectivity index (χ0n) is 8.91. The van der Waals surface area contributed by atoms with Crippen LogP contribution in [0.5, 0.6) is 0 Å². The van der Waals surface area contributed by atoms with Gasteiger partial charge in [-0.15, -0.1) is 0 Å². The summed E-state index contributed by atoms with van der Waals surface area (Å²) in [6, 6.07) is -0.147. The van der Waals surface area contributed by atoms with Gasteiger partial charge in [0, 0.05) is 6.04 Å². The van der Waals surface area contributed by atoms with Crippen LogP contribution in [0.4, 0.5) is 0 Å². The van der Waals surface area contributed by atoms with Crippen molar-refractivity contribution in [2.75, 3.05) is 20.3 Å². The normalized spacial score (nSPS) is 13.8. The van der Waals surface area contributed by atoms with Crippen LogP contribution in [0.1, 0.15) is 20.3 Å². The van der Waals surface area contributed by atoms with Gasteiger partial charge >= 0.3 is 5.97 Å². The number of hydrogen-bond acceptors (Lipinski definition) is 5. The fourth-order valence-corrected chi connectivity index (χ4v) is 1.12. The third kappa shape index (κ3) is 4.55. The molecule has 0 aromatic carbocycles. The minimum absolute atomic E-state index is 0.147. The Kier molecular flexibility index (Phi) is 5.68. The first-order chi connectivity index (χ1) is 6.47. The molecule has 0 fully saturated rings. The number of hydrogen-bond donors (Lipinski definition) is 3. The van der Waals surface area contributed by atoms with E-state index < -0.39 is 5.54 Å². The summed E-state index contributed by atoms with van der Waals surface area (Å²) >= 11 is 0. The number of esters is 1. The lowest BCUT2D eigenvalue weighted by Gasteiger charge is -2.29. The van der Waals surface area contributed by atoms with Crippen molar-refractivity contribution in [2.45, 2.75) is 31.8 Å². The van der Waals surface area contributed by atoms with Crippen LogP contribution in [0, 0.1) is 0 Å². The molecule has 0 spiro atoms. The molecular formula is C9H19NO4. The number of methoxy groups -OCH3 is 1. The average molecular weight is 205 g/mol. The summed E-state index contributed by atoms with van der Waals surface area (Å²) in [5, 5.41) is 20.9. The molecule has 1 atom stereocenters. The van der Waals surface area contributed by atoms with Gasteiger partial charge in [0.2, 0.25) is 0 Å². The summed E-state index contributed by atoms with van der Waals surface area (Å²) in [7, 11) is 1.33. The maximum Gasteiger partial charge on any atom is 0.307 e. The highest BCUT2D eigenvalue weighted by Crippen LogP contribution is 2.05. The van der Waals surface area contributed by atoms with Crippen LogP contribution in [-0.4, -0.2) is 48.1 Å². The third-order valence-electron chi connectivity index (χ3n) is 1.99. The molecule has 0 radical (unpaired) electrons. The van der Waals surface area contributed by atoms with E-state index >= 15 is 0 Å². The van der Waals surface area contributed by atoms with Crippen LogP contribution in [0.25, 0.3) is 0 Å². The minimum atomic E-state index is -0.757. The van der Waals surface area contributed by atoms with Crippen LogP contribution < -0.4 is 5.32 Å². The molecule has 14 heavy (non-hydrogen) atoms. The van der Waals surface area contributed by atoms with E-state index in [0.717, 1.165) is 0 Å². The van der Waals surface area contributed by atoms with Crippen molar-refractivity contribution in [3.05, 3.63) is 0 Å². The highest BCUT2D eigenvalue weighted by molar-refractivity contribution is 5.69. The number of nitrogens with one attached hydrogen (secondary N) is 1. The van der Waals surface area contributed by atoms with Crippen molar-refractivity contribution in [1.29, 1.82) is 0 Å². The zero-order valence-corrected chi connectivity index (χ0v) is 8.91. The molecule has 0 rings (SSSR count). The molecule has 0 aromatic heterocycles. The summed E-state index contributed by atoms with van der Waals surface area (Å²) in [6.07, 6.45) is 0.214. The maximum atomic E-state index is 10.9. The Morgan fingerprint density at radius 1 is 1.50 bits per heavy atom. The van der Waals surface area contributed by atoms with E-state index in [0.29, 0.717) is 0 Å². The molecule has 0 aromatic rings. The van der Waals surface area contributed by atoms with Crippen molar-refractivity contribution in [1.82, 2.24) is 5.32 Å². The van der Waals surface area contributed by atoms with Crippen molar-refractivity contribution >= 4 is 5.97 Å². The first kappa shape index (κ1) is 13.4. The van der Waals surface area contributed by atoms with Gasteiger partial charge in [-0.2, -0.15) is 0 Å². The Labute approximate surface area is 84.1 Å². The molecule has 0 aliphatic heterocycles. The van der Waals surface area contributed by atoms with Crippen LogP contribution in [-0.2, 0) is 9.53 Å². The second kappa shape index (κ2) is 5.95. The molecule has 0 saturated heterocycles. The van der Waals surface area contributed by atoms with Crippen LogP contribution in [0.3, 0.4) is 0 Å². The Hall–Kier alpha value is -0.650. The summed E-state index contributed by atoms with van der Waals surface area (Å²) in [4.78, 5) is 10.9. The summed E-state index contributed by atoms with van der Waals surface area (Å²) in [6.45, 7) is 3.10. The van der Waals surface area contributed by atoms with E-state index in [-0.39, 0.29) is 31.6 Å². The fourth-order valence-electron chi connectivity index (χ4n) is 1.12. The number of aliphatic hydroxyl groups is 2. The zero-order chi connectivity index (χ0) is 11.2. The predicted molar refractivity (Wildman–Crippen MR) is 51.8 cm³/mol. The summed E-state index contributed by atoms with van der Waals surface area (Å²) in [5.41, 5.74) is -0.757. The molecule has 0 aliphatic rings. The first-order valence-corrected chi connectivity index (χ1v) is 4.53. The number of rotatable bonds is 6. The Balaban J connectivity index is 4.03. The molecular weight excluding hydrogens is 186 g/mol. The monoisotopic (exact) mass is 205 g/mol. The van der Waals surface area contributed by atoms with Crippen molar-refractivity contribution in [2.24, 2.45) is 0 Å². The molecule has 1 unspecified atom stereocenters. The van der Waals surface area contributed by atoms with E-state index in [1.807, 2.05) is 0 Å². The second-order valence-corrected chi connectivity index (χ2v) is 3.70. The highest BCUT2D eigenvalue weighted by atomic mass is 16.5. The quantitative estimate of drug-likeness (QED) is 0.498. The van der Waals surface area contributed by atoms with E-state index in [9.17, 15) is 4.79 Å². The average Bonchev–Trinajstić information content (AvgIpc) is 2.17. The standard InChI is InChI=1S/C9H19NO4/c1-7(4-8(13)14-3)10-9(2,5-11)6-12/h7,10-12H,4-6H2,1-3H3. The van der Waals surface area contributed by atoms with Gasteiger partial charge in [-0.25, -0.2) is 0 Å². The SMILES string of the molecule is COC(=O)CC(C)NC(C)(CO)CO. The maximum absolute atomic E-state index is 10.9. The smallest absolute Gasteiger partial charge is 0.307 e. The molecule has 0 saturated carbocycles. The molecule has 0 heterocycles. The topological polar surface area (TPSA) is 78.8 Å². The number of ether oxygens (including phenoxy) is 1. The van der Waals surface area contributed by atoms with Gasteiger partial charge in [0.1, 0.15) is 0 Å². The lowest BCUT2D eigenvalue weighted by molar-refractivity contribution is -0.141. The largest absolute Gasteiger partial charge is 0.469 e. The Morgan fingerprint density at radius 2 is 2.00 bits per heavy atom. The van der Waals surface area contributed by atoms with Crippen molar-refractivity contribution < 1.29 is 19.7 Å². The first-order valence-electron chi connectivity index (χ1n) is 4.53. The van der Waals surface area contributed by atoms with E-state index in [1.54, 1.807) is 13.8 Å². The molecule has 0 amide bonds.